The second-order valence-electron chi connectivity index (χ2n) is 4.99. The molecule has 2 heterocycles. The van der Waals surface area contributed by atoms with Crippen LogP contribution in [0.3, 0.4) is 0 Å². The first-order chi connectivity index (χ1) is 11.3. The number of hydrogen-bond donors (Lipinski definition) is 2. The molecule has 2 N–H and O–H groups in total. The number of H-pyrrole nitrogens is 1. The van der Waals surface area contributed by atoms with Crippen molar-refractivity contribution in [1.29, 1.82) is 0 Å². The van der Waals surface area contributed by atoms with E-state index in [-0.39, 0.29) is 9.77 Å². The molecule has 2 aromatic heterocycles. The topological polar surface area (TPSA) is 91.9 Å². The highest BCUT2D eigenvalue weighted by atomic mass is 35.5. The number of aryl methyl sites for hydroxylation is 1. The second kappa shape index (κ2) is 6.39. The predicted octanol–water partition coefficient (Wildman–Crippen LogP) is 3.26. The van der Waals surface area contributed by atoms with Crippen LogP contribution in [0.25, 0.3) is 10.6 Å². The van der Waals surface area contributed by atoms with Gasteiger partial charge in [0.1, 0.15) is 9.90 Å². The van der Waals surface area contributed by atoms with Gasteiger partial charge in [-0.15, -0.1) is 11.3 Å². The van der Waals surface area contributed by atoms with Crippen LogP contribution < -0.4 is 10.3 Å². The van der Waals surface area contributed by atoms with E-state index in [0.717, 1.165) is 16.9 Å². The van der Waals surface area contributed by atoms with E-state index >= 15 is 0 Å². The quantitative estimate of drug-likeness (QED) is 0.725. The van der Waals surface area contributed by atoms with E-state index in [1.165, 1.54) is 18.2 Å². The van der Waals surface area contributed by atoms with Crippen molar-refractivity contribution in [2.24, 2.45) is 0 Å². The fraction of sp³-hybridized carbons (Fsp3) is 0.0667. The zero-order valence-electron chi connectivity index (χ0n) is 12.4. The van der Waals surface area contributed by atoms with Crippen molar-refractivity contribution in [1.82, 2.24) is 10.2 Å². The van der Waals surface area contributed by atoms with Crippen molar-refractivity contribution in [3.8, 4) is 10.6 Å². The molecule has 0 bridgehead atoms. The molecule has 0 aliphatic carbocycles. The zero-order chi connectivity index (χ0) is 17.3. The minimum atomic E-state index is -3.72. The number of aromatic amines is 1. The normalized spacial score (nSPS) is 11.4. The summed E-state index contributed by atoms with van der Waals surface area (Å²) in [6.45, 7) is 1.77. The van der Waals surface area contributed by atoms with Gasteiger partial charge in [-0.1, -0.05) is 11.6 Å². The average Bonchev–Trinajstić information content (AvgIpc) is 3.02. The van der Waals surface area contributed by atoms with Crippen LogP contribution in [0.1, 0.15) is 5.56 Å². The van der Waals surface area contributed by atoms with Gasteiger partial charge in [0.2, 0.25) is 0 Å². The van der Waals surface area contributed by atoms with E-state index in [9.17, 15) is 13.2 Å². The zero-order valence-corrected chi connectivity index (χ0v) is 14.8. The summed E-state index contributed by atoms with van der Waals surface area (Å²) in [6, 6.07) is 10.9. The van der Waals surface area contributed by atoms with E-state index in [2.05, 4.69) is 14.9 Å². The number of thiophene rings is 1. The van der Waals surface area contributed by atoms with Crippen molar-refractivity contribution in [3.63, 3.8) is 0 Å². The van der Waals surface area contributed by atoms with Gasteiger partial charge in [0.15, 0.2) is 0 Å². The lowest BCUT2D eigenvalue weighted by Gasteiger charge is -2.09. The Labute approximate surface area is 147 Å². The van der Waals surface area contributed by atoms with Gasteiger partial charge in [-0.05, 0) is 48.9 Å². The number of sulfonamides is 1. The summed E-state index contributed by atoms with van der Waals surface area (Å²) in [5.74, 6) is 0. The molecule has 0 spiro atoms. The molecule has 0 aliphatic rings. The summed E-state index contributed by atoms with van der Waals surface area (Å²) in [5, 5.41) is 6.76. The van der Waals surface area contributed by atoms with Gasteiger partial charge in [-0.2, -0.15) is 5.10 Å². The molecule has 0 saturated carbocycles. The Morgan fingerprint density at radius 2 is 1.96 bits per heavy atom. The van der Waals surface area contributed by atoms with Crippen molar-refractivity contribution in [2.75, 3.05) is 4.72 Å². The molecule has 0 amide bonds. The smallest absolute Gasteiger partial charge is 0.271 e. The number of nitrogens with one attached hydrogen (secondary N) is 2. The Balaban J connectivity index is 1.90. The molecule has 0 fully saturated rings. The molecular formula is C15H12ClN3O3S2. The maximum Gasteiger partial charge on any atom is 0.271 e. The van der Waals surface area contributed by atoms with Gasteiger partial charge in [0.05, 0.1) is 10.6 Å². The van der Waals surface area contributed by atoms with E-state index < -0.39 is 10.0 Å². The van der Waals surface area contributed by atoms with Crippen LogP contribution in [-0.4, -0.2) is 18.6 Å². The molecule has 0 atom stereocenters. The van der Waals surface area contributed by atoms with E-state index in [0.29, 0.717) is 21.3 Å². The van der Waals surface area contributed by atoms with E-state index in [1.807, 2.05) is 0 Å². The third-order valence-corrected chi connectivity index (χ3v) is 6.41. The molecule has 3 rings (SSSR count). The first-order valence-electron chi connectivity index (χ1n) is 6.80. The van der Waals surface area contributed by atoms with Crippen LogP contribution in [0.5, 0.6) is 0 Å². The number of rotatable bonds is 4. The Morgan fingerprint density at radius 3 is 2.62 bits per heavy atom. The third-order valence-electron chi connectivity index (χ3n) is 3.21. The standard InChI is InChI=1S/C15H12ClN3O3S2/c1-9-8-10(16)2-3-11(9)19-24(21,22)15-7-5-13(23-15)12-4-6-14(20)18-17-12/h2-8,19H,1H3,(H,18,20). The fourth-order valence-electron chi connectivity index (χ4n) is 2.02. The van der Waals surface area contributed by atoms with E-state index in [1.54, 1.807) is 31.2 Å². The van der Waals surface area contributed by atoms with Crippen LogP contribution in [0.2, 0.25) is 5.02 Å². The Bertz CT molecular complexity index is 1040. The average molecular weight is 382 g/mol. The van der Waals surface area contributed by atoms with Crippen molar-refractivity contribution < 1.29 is 8.42 Å². The summed E-state index contributed by atoms with van der Waals surface area (Å²) in [7, 11) is -3.72. The minimum Gasteiger partial charge on any atom is -0.279 e. The number of nitrogens with zero attached hydrogens (tertiary/aromatic N) is 1. The van der Waals surface area contributed by atoms with Crippen molar-refractivity contribution in [2.45, 2.75) is 11.1 Å². The SMILES string of the molecule is Cc1cc(Cl)ccc1NS(=O)(=O)c1ccc(-c2ccc(=O)[nH]n2)s1. The van der Waals surface area contributed by atoms with Gasteiger partial charge in [0.25, 0.3) is 15.6 Å². The maximum atomic E-state index is 12.5. The summed E-state index contributed by atoms with van der Waals surface area (Å²) in [6.07, 6.45) is 0. The Hall–Kier alpha value is -2.16. The van der Waals surface area contributed by atoms with Gasteiger partial charge in [-0.3, -0.25) is 9.52 Å². The summed E-state index contributed by atoms with van der Waals surface area (Å²) >= 11 is 6.95. The van der Waals surface area contributed by atoms with Crippen LogP contribution >= 0.6 is 22.9 Å². The number of aromatic nitrogens is 2. The number of benzene rings is 1. The molecule has 24 heavy (non-hydrogen) atoms. The Kier molecular flexibility index (Phi) is 4.44. The molecule has 6 nitrogen and oxygen atoms in total. The van der Waals surface area contributed by atoms with E-state index in [4.69, 9.17) is 11.6 Å². The molecule has 1 aromatic carbocycles. The molecular weight excluding hydrogens is 370 g/mol. The van der Waals surface area contributed by atoms with Gasteiger partial charge in [0, 0.05) is 11.1 Å². The van der Waals surface area contributed by atoms with Gasteiger partial charge >= 0.3 is 0 Å². The third kappa shape index (κ3) is 3.50. The highest BCUT2D eigenvalue weighted by Gasteiger charge is 2.19. The predicted molar refractivity (Wildman–Crippen MR) is 95.2 cm³/mol. The highest BCUT2D eigenvalue weighted by Crippen LogP contribution is 2.31. The number of hydrogen-bond acceptors (Lipinski definition) is 5. The lowest BCUT2D eigenvalue weighted by atomic mass is 10.2. The summed E-state index contributed by atoms with van der Waals surface area (Å²) in [4.78, 5) is 11.7. The van der Waals surface area contributed by atoms with Gasteiger partial charge < -0.3 is 0 Å². The largest absolute Gasteiger partial charge is 0.279 e. The lowest BCUT2D eigenvalue weighted by molar-refractivity contribution is 0.603. The minimum absolute atomic E-state index is 0.153. The molecule has 124 valence electrons. The molecule has 3 aromatic rings. The monoisotopic (exact) mass is 381 g/mol. The highest BCUT2D eigenvalue weighted by molar-refractivity contribution is 7.94. The summed E-state index contributed by atoms with van der Waals surface area (Å²) < 4.78 is 27.8. The van der Waals surface area contributed by atoms with Crippen LogP contribution in [0, 0.1) is 6.92 Å². The fourth-order valence-corrected chi connectivity index (χ4v) is 4.65. The van der Waals surface area contributed by atoms with Crippen molar-refractivity contribution in [3.05, 3.63) is 63.4 Å². The maximum absolute atomic E-state index is 12.5. The molecule has 9 heteroatoms. The van der Waals surface area contributed by atoms with Gasteiger partial charge in [-0.25, -0.2) is 13.5 Å². The lowest BCUT2D eigenvalue weighted by Crippen LogP contribution is -2.12. The van der Waals surface area contributed by atoms with Crippen LogP contribution in [0.4, 0.5) is 5.69 Å². The number of anilines is 1. The summed E-state index contributed by atoms with van der Waals surface area (Å²) in [5.41, 5.74) is 1.38. The molecule has 0 unspecified atom stereocenters. The Morgan fingerprint density at radius 1 is 1.17 bits per heavy atom. The second-order valence-corrected chi connectivity index (χ2v) is 8.42. The molecule has 0 radical (unpaired) electrons. The number of halogens is 1. The molecule has 0 saturated heterocycles. The first-order valence-corrected chi connectivity index (χ1v) is 9.48. The van der Waals surface area contributed by atoms with Crippen molar-refractivity contribution >= 4 is 38.6 Å². The molecule has 0 aliphatic heterocycles. The van der Waals surface area contributed by atoms with Crippen LogP contribution in [0.15, 0.2) is 51.5 Å². The first kappa shape index (κ1) is 16.7. The van der Waals surface area contributed by atoms with Crippen LogP contribution in [-0.2, 0) is 10.0 Å².